The summed E-state index contributed by atoms with van der Waals surface area (Å²) in [7, 11) is 0. The molecule has 0 aliphatic carbocycles. The standard InChI is InChI=1S/C17H21NO2/c1-3-14(13-8-5-4-6-9-13)18-12(2)17-15(19)10-7-11-16(17)20/h4-12,14,18-20H,3H2,1-2H3. The minimum atomic E-state index is -0.138. The molecule has 0 bridgehead atoms. The summed E-state index contributed by atoms with van der Waals surface area (Å²) in [5.74, 6) is 0.237. The number of aromatic hydroxyl groups is 2. The summed E-state index contributed by atoms with van der Waals surface area (Å²) in [4.78, 5) is 0. The second kappa shape index (κ2) is 6.44. The maximum Gasteiger partial charge on any atom is 0.124 e. The molecule has 2 unspecified atom stereocenters. The molecule has 20 heavy (non-hydrogen) atoms. The summed E-state index contributed by atoms with van der Waals surface area (Å²) in [5, 5.41) is 23.3. The Balaban J connectivity index is 2.20. The lowest BCUT2D eigenvalue weighted by Gasteiger charge is -2.24. The van der Waals surface area contributed by atoms with Gasteiger partial charge in [-0.05, 0) is 31.0 Å². The van der Waals surface area contributed by atoms with Gasteiger partial charge in [-0.1, -0.05) is 43.3 Å². The normalized spacial score (nSPS) is 13.9. The van der Waals surface area contributed by atoms with Gasteiger partial charge in [0.15, 0.2) is 0 Å². The summed E-state index contributed by atoms with van der Waals surface area (Å²) < 4.78 is 0. The van der Waals surface area contributed by atoms with Crippen molar-refractivity contribution in [1.82, 2.24) is 5.32 Å². The molecular formula is C17H21NO2. The minimum Gasteiger partial charge on any atom is -0.507 e. The molecule has 0 aliphatic rings. The number of rotatable bonds is 5. The Morgan fingerprint density at radius 2 is 1.55 bits per heavy atom. The average Bonchev–Trinajstić information content (AvgIpc) is 2.45. The maximum absolute atomic E-state index is 9.92. The van der Waals surface area contributed by atoms with Crippen LogP contribution in [0.5, 0.6) is 11.5 Å². The third-order valence-electron chi connectivity index (χ3n) is 3.55. The number of benzene rings is 2. The lowest BCUT2D eigenvalue weighted by Crippen LogP contribution is -2.24. The Hall–Kier alpha value is -2.00. The molecule has 3 heteroatoms. The molecule has 0 amide bonds. The number of nitrogens with one attached hydrogen (secondary N) is 1. The van der Waals surface area contributed by atoms with Crippen molar-refractivity contribution in [2.75, 3.05) is 0 Å². The summed E-state index contributed by atoms with van der Waals surface area (Å²) in [5.41, 5.74) is 1.75. The molecular weight excluding hydrogens is 250 g/mol. The van der Waals surface area contributed by atoms with Gasteiger partial charge in [0.05, 0.1) is 5.56 Å². The van der Waals surface area contributed by atoms with Gasteiger partial charge >= 0.3 is 0 Å². The fourth-order valence-corrected chi connectivity index (χ4v) is 2.51. The van der Waals surface area contributed by atoms with Crippen LogP contribution in [0.4, 0.5) is 0 Å². The van der Waals surface area contributed by atoms with Crippen LogP contribution in [0.1, 0.15) is 43.5 Å². The van der Waals surface area contributed by atoms with Crippen LogP contribution in [-0.2, 0) is 0 Å². The molecule has 3 N–H and O–H groups in total. The SMILES string of the molecule is CCC(NC(C)c1c(O)cccc1O)c1ccccc1. The van der Waals surface area contributed by atoms with Gasteiger partial charge in [0.1, 0.15) is 11.5 Å². The zero-order chi connectivity index (χ0) is 14.5. The van der Waals surface area contributed by atoms with Crippen LogP contribution in [0.25, 0.3) is 0 Å². The van der Waals surface area contributed by atoms with Crippen molar-refractivity contribution in [3.05, 3.63) is 59.7 Å². The molecule has 2 atom stereocenters. The second-order valence-electron chi connectivity index (χ2n) is 4.97. The summed E-state index contributed by atoms with van der Waals surface area (Å²) in [6.07, 6.45) is 0.933. The Morgan fingerprint density at radius 1 is 0.950 bits per heavy atom. The Kier molecular flexibility index (Phi) is 4.64. The smallest absolute Gasteiger partial charge is 0.124 e. The lowest BCUT2D eigenvalue weighted by molar-refractivity contribution is 0.397. The van der Waals surface area contributed by atoms with Gasteiger partial charge < -0.3 is 15.5 Å². The molecule has 0 spiro atoms. The van der Waals surface area contributed by atoms with E-state index in [4.69, 9.17) is 0 Å². The van der Waals surface area contributed by atoms with E-state index in [1.165, 1.54) is 5.56 Å². The van der Waals surface area contributed by atoms with E-state index in [9.17, 15) is 10.2 Å². The van der Waals surface area contributed by atoms with Gasteiger partial charge in [-0.15, -0.1) is 0 Å². The van der Waals surface area contributed by atoms with Gasteiger partial charge in [0.2, 0.25) is 0 Å². The van der Waals surface area contributed by atoms with Crippen molar-refractivity contribution in [1.29, 1.82) is 0 Å². The first-order valence-electron chi connectivity index (χ1n) is 6.95. The predicted molar refractivity (Wildman–Crippen MR) is 80.8 cm³/mol. The number of phenolic OH excluding ortho intramolecular Hbond substituents is 2. The van der Waals surface area contributed by atoms with Crippen molar-refractivity contribution < 1.29 is 10.2 Å². The van der Waals surface area contributed by atoms with E-state index < -0.39 is 0 Å². The van der Waals surface area contributed by atoms with Crippen molar-refractivity contribution in [2.45, 2.75) is 32.4 Å². The van der Waals surface area contributed by atoms with E-state index in [0.29, 0.717) is 5.56 Å². The van der Waals surface area contributed by atoms with E-state index >= 15 is 0 Å². The molecule has 106 valence electrons. The summed E-state index contributed by atoms with van der Waals surface area (Å²) in [6.45, 7) is 4.06. The summed E-state index contributed by atoms with van der Waals surface area (Å²) in [6, 6.07) is 15.1. The first-order chi connectivity index (χ1) is 9.63. The largest absolute Gasteiger partial charge is 0.507 e. The highest BCUT2D eigenvalue weighted by atomic mass is 16.3. The van der Waals surface area contributed by atoms with E-state index in [2.05, 4.69) is 24.4 Å². The van der Waals surface area contributed by atoms with Crippen LogP contribution in [0.15, 0.2) is 48.5 Å². The molecule has 0 aromatic heterocycles. The monoisotopic (exact) mass is 271 g/mol. The highest BCUT2D eigenvalue weighted by molar-refractivity contribution is 5.45. The highest BCUT2D eigenvalue weighted by Gasteiger charge is 2.18. The molecule has 3 nitrogen and oxygen atoms in total. The molecule has 0 aliphatic heterocycles. The van der Waals surface area contributed by atoms with Gasteiger partial charge in [-0.3, -0.25) is 0 Å². The molecule has 0 saturated carbocycles. The fraction of sp³-hybridized carbons (Fsp3) is 0.294. The number of phenols is 2. The predicted octanol–water partition coefficient (Wildman–Crippen LogP) is 3.90. The molecule has 2 rings (SSSR count). The van der Waals surface area contributed by atoms with E-state index in [1.807, 2.05) is 25.1 Å². The summed E-state index contributed by atoms with van der Waals surface area (Å²) >= 11 is 0. The van der Waals surface area contributed by atoms with E-state index in [1.54, 1.807) is 18.2 Å². The van der Waals surface area contributed by atoms with Gasteiger partial charge in [-0.2, -0.15) is 0 Å². The molecule has 0 fully saturated rings. The molecule has 0 radical (unpaired) electrons. The quantitative estimate of drug-likeness (QED) is 0.773. The Bertz CT molecular complexity index is 534. The van der Waals surface area contributed by atoms with Crippen LogP contribution >= 0.6 is 0 Å². The van der Waals surface area contributed by atoms with E-state index in [-0.39, 0.29) is 23.6 Å². The first kappa shape index (κ1) is 14.4. The van der Waals surface area contributed by atoms with Gasteiger partial charge in [0.25, 0.3) is 0 Å². The average molecular weight is 271 g/mol. The third kappa shape index (κ3) is 3.11. The van der Waals surface area contributed by atoms with Crippen LogP contribution in [-0.4, -0.2) is 10.2 Å². The van der Waals surface area contributed by atoms with Crippen LogP contribution < -0.4 is 5.32 Å². The van der Waals surface area contributed by atoms with Crippen molar-refractivity contribution >= 4 is 0 Å². The second-order valence-corrected chi connectivity index (χ2v) is 4.97. The zero-order valence-corrected chi connectivity index (χ0v) is 11.9. The fourth-order valence-electron chi connectivity index (χ4n) is 2.51. The number of hydrogen-bond acceptors (Lipinski definition) is 3. The number of hydrogen-bond donors (Lipinski definition) is 3. The topological polar surface area (TPSA) is 52.5 Å². The lowest BCUT2D eigenvalue weighted by atomic mass is 10.0. The van der Waals surface area contributed by atoms with Gasteiger partial charge in [-0.25, -0.2) is 0 Å². The molecule has 2 aromatic carbocycles. The molecule has 0 saturated heterocycles. The van der Waals surface area contributed by atoms with Gasteiger partial charge in [0, 0.05) is 12.1 Å². The maximum atomic E-state index is 9.92. The first-order valence-corrected chi connectivity index (χ1v) is 6.95. The minimum absolute atomic E-state index is 0.118. The van der Waals surface area contributed by atoms with E-state index in [0.717, 1.165) is 6.42 Å². The third-order valence-corrected chi connectivity index (χ3v) is 3.55. The van der Waals surface area contributed by atoms with Crippen molar-refractivity contribution in [3.8, 4) is 11.5 Å². The Labute approximate surface area is 119 Å². The zero-order valence-electron chi connectivity index (χ0n) is 11.9. The van der Waals surface area contributed by atoms with Crippen molar-refractivity contribution in [3.63, 3.8) is 0 Å². The highest BCUT2D eigenvalue weighted by Crippen LogP contribution is 2.33. The Morgan fingerprint density at radius 3 is 2.10 bits per heavy atom. The van der Waals surface area contributed by atoms with Crippen molar-refractivity contribution in [2.24, 2.45) is 0 Å². The molecule has 2 aromatic rings. The van der Waals surface area contributed by atoms with Crippen LogP contribution in [0.2, 0.25) is 0 Å². The van der Waals surface area contributed by atoms with Crippen LogP contribution in [0.3, 0.4) is 0 Å². The molecule has 0 heterocycles. The van der Waals surface area contributed by atoms with Crippen LogP contribution in [0, 0.1) is 0 Å².